The van der Waals surface area contributed by atoms with Crippen LogP contribution in [-0.2, 0) is 9.59 Å². The molecule has 1 amide bonds. The van der Waals surface area contributed by atoms with Gasteiger partial charge in [0.2, 0.25) is 5.91 Å². The molecule has 0 saturated carbocycles. The van der Waals surface area contributed by atoms with Crippen LogP contribution in [-0.4, -0.2) is 23.0 Å². The molecule has 2 atom stereocenters. The Hall–Kier alpha value is -1.32. The van der Waals surface area contributed by atoms with E-state index in [1.807, 2.05) is 12.2 Å². The summed E-state index contributed by atoms with van der Waals surface area (Å²) in [5.41, 5.74) is 0. The lowest BCUT2D eigenvalue weighted by Gasteiger charge is -2.21. The van der Waals surface area contributed by atoms with E-state index in [1.165, 1.54) is 6.92 Å². The van der Waals surface area contributed by atoms with E-state index < -0.39 is 5.97 Å². The first kappa shape index (κ1) is 9.77. The van der Waals surface area contributed by atoms with Crippen molar-refractivity contribution in [1.29, 1.82) is 0 Å². The van der Waals surface area contributed by atoms with E-state index in [4.69, 9.17) is 5.11 Å². The van der Waals surface area contributed by atoms with Crippen LogP contribution in [0, 0.1) is 5.92 Å². The number of allylic oxidation sites excluding steroid dienone is 1. The SMILES string of the molecule is CC(=O)N[C@H]1C=CC[C@H](C(=O)O)C1. The van der Waals surface area contributed by atoms with Crippen molar-refractivity contribution in [2.45, 2.75) is 25.8 Å². The Morgan fingerprint density at radius 1 is 1.54 bits per heavy atom. The molecule has 1 aliphatic carbocycles. The van der Waals surface area contributed by atoms with E-state index in [2.05, 4.69) is 5.32 Å². The van der Waals surface area contributed by atoms with Crippen LogP contribution < -0.4 is 5.32 Å². The lowest BCUT2D eigenvalue weighted by atomic mass is 9.91. The number of hydrogen-bond acceptors (Lipinski definition) is 2. The maximum Gasteiger partial charge on any atom is 0.306 e. The van der Waals surface area contributed by atoms with Gasteiger partial charge in [0, 0.05) is 13.0 Å². The van der Waals surface area contributed by atoms with Gasteiger partial charge in [0.1, 0.15) is 0 Å². The molecule has 0 fully saturated rings. The minimum atomic E-state index is -0.792. The molecule has 0 spiro atoms. The van der Waals surface area contributed by atoms with Crippen LogP contribution in [0.1, 0.15) is 19.8 Å². The summed E-state index contributed by atoms with van der Waals surface area (Å²) in [6, 6.07) is -0.118. The number of nitrogens with one attached hydrogen (secondary N) is 1. The molecule has 0 saturated heterocycles. The molecule has 0 aromatic carbocycles. The first-order chi connectivity index (χ1) is 6.09. The van der Waals surface area contributed by atoms with Gasteiger partial charge in [0.25, 0.3) is 0 Å². The summed E-state index contributed by atoms with van der Waals surface area (Å²) in [5.74, 6) is -1.28. The Labute approximate surface area is 76.6 Å². The lowest BCUT2D eigenvalue weighted by molar-refractivity contribution is -0.142. The van der Waals surface area contributed by atoms with Crippen molar-refractivity contribution < 1.29 is 14.7 Å². The standard InChI is InChI=1S/C9H13NO3/c1-6(11)10-8-4-2-3-7(5-8)9(12)13/h2,4,7-8H,3,5H2,1H3,(H,10,11)(H,12,13)/t7-,8-/m0/s1. The molecule has 0 radical (unpaired) electrons. The van der Waals surface area contributed by atoms with Gasteiger partial charge in [0.15, 0.2) is 0 Å². The van der Waals surface area contributed by atoms with E-state index in [-0.39, 0.29) is 17.9 Å². The summed E-state index contributed by atoms with van der Waals surface area (Å²) in [5, 5.41) is 11.4. The average Bonchev–Trinajstić information content (AvgIpc) is 2.03. The molecule has 0 aliphatic heterocycles. The molecule has 0 unspecified atom stereocenters. The molecule has 0 heterocycles. The number of carboxylic acids is 1. The van der Waals surface area contributed by atoms with Crippen LogP contribution in [0.25, 0.3) is 0 Å². The molecule has 0 aromatic heterocycles. The molecule has 2 N–H and O–H groups in total. The van der Waals surface area contributed by atoms with Crippen molar-refractivity contribution in [1.82, 2.24) is 5.32 Å². The van der Waals surface area contributed by atoms with Crippen LogP contribution in [0.15, 0.2) is 12.2 Å². The van der Waals surface area contributed by atoms with Gasteiger partial charge in [0.05, 0.1) is 5.92 Å². The number of carbonyl (C=O) groups is 2. The summed E-state index contributed by atoms with van der Waals surface area (Å²) >= 11 is 0. The van der Waals surface area contributed by atoms with Crippen molar-refractivity contribution in [3.8, 4) is 0 Å². The average molecular weight is 183 g/mol. The van der Waals surface area contributed by atoms with Crippen molar-refractivity contribution in [2.24, 2.45) is 5.92 Å². The number of aliphatic carboxylic acids is 1. The molecule has 4 heteroatoms. The Kier molecular flexibility index (Phi) is 3.06. The number of rotatable bonds is 2. The van der Waals surface area contributed by atoms with Gasteiger partial charge in [-0.1, -0.05) is 12.2 Å². The molecule has 0 bridgehead atoms. The third kappa shape index (κ3) is 2.89. The Bertz CT molecular complexity index is 247. The Morgan fingerprint density at radius 2 is 2.23 bits per heavy atom. The predicted molar refractivity (Wildman–Crippen MR) is 47.1 cm³/mol. The van der Waals surface area contributed by atoms with Gasteiger partial charge in [-0.25, -0.2) is 0 Å². The highest BCUT2D eigenvalue weighted by Crippen LogP contribution is 2.18. The maximum atomic E-state index is 10.7. The van der Waals surface area contributed by atoms with E-state index in [0.29, 0.717) is 12.8 Å². The quantitative estimate of drug-likeness (QED) is 0.614. The van der Waals surface area contributed by atoms with Crippen LogP contribution in [0.3, 0.4) is 0 Å². The summed E-state index contributed by atoms with van der Waals surface area (Å²) in [4.78, 5) is 21.3. The number of carbonyl (C=O) groups excluding carboxylic acids is 1. The zero-order valence-electron chi connectivity index (χ0n) is 7.49. The molecule has 72 valence electrons. The Balaban J connectivity index is 2.51. The molecular weight excluding hydrogens is 170 g/mol. The van der Waals surface area contributed by atoms with Gasteiger partial charge >= 0.3 is 5.97 Å². The highest BCUT2D eigenvalue weighted by Gasteiger charge is 2.23. The summed E-state index contributed by atoms with van der Waals surface area (Å²) in [6.45, 7) is 1.43. The topological polar surface area (TPSA) is 66.4 Å². The van der Waals surface area contributed by atoms with Crippen LogP contribution >= 0.6 is 0 Å². The fourth-order valence-corrected chi connectivity index (χ4v) is 1.46. The normalized spacial score (nSPS) is 26.8. The van der Waals surface area contributed by atoms with E-state index in [0.717, 1.165) is 0 Å². The summed E-state index contributed by atoms with van der Waals surface area (Å²) in [7, 11) is 0. The molecule has 13 heavy (non-hydrogen) atoms. The maximum absolute atomic E-state index is 10.7. The monoisotopic (exact) mass is 183 g/mol. The number of carboxylic acid groups (broad SMARTS) is 1. The van der Waals surface area contributed by atoms with E-state index in [9.17, 15) is 9.59 Å². The highest BCUT2D eigenvalue weighted by molar-refractivity contribution is 5.74. The largest absolute Gasteiger partial charge is 0.481 e. The third-order valence-corrected chi connectivity index (χ3v) is 2.07. The van der Waals surface area contributed by atoms with Gasteiger partial charge in [-0.3, -0.25) is 9.59 Å². The Morgan fingerprint density at radius 3 is 2.77 bits per heavy atom. The third-order valence-electron chi connectivity index (χ3n) is 2.07. The van der Waals surface area contributed by atoms with Crippen LogP contribution in [0.5, 0.6) is 0 Å². The van der Waals surface area contributed by atoms with E-state index >= 15 is 0 Å². The summed E-state index contributed by atoms with van der Waals surface area (Å²) < 4.78 is 0. The second-order valence-electron chi connectivity index (χ2n) is 3.24. The molecule has 1 aliphatic rings. The first-order valence-corrected chi connectivity index (χ1v) is 4.26. The minimum absolute atomic E-state index is 0.118. The predicted octanol–water partition coefficient (Wildman–Crippen LogP) is 0.542. The number of hydrogen-bond donors (Lipinski definition) is 2. The van der Waals surface area contributed by atoms with Crippen molar-refractivity contribution >= 4 is 11.9 Å². The highest BCUT2D eigenvalue weighted by atomic mass is 16.4. The van der Waals surface area contributed by atoms with E-state index in [1.54, 1.807) is 0 Å². The molecular formula is C9H13NO3. The second-order valence-corrected chi connectivity index (χ2v) is 3.24. The zero-order chi connectivity index (χ0) is 9.84. The smallest absolute Gasteiger partial charge is 0.306 e. The zero-order valence-corrected chi connectivity index (χ0v) is 7.49. The minimum Gasteiger partial charge on any atom is -0.481 e. The number of amides is 1. The van der Waals surface area contributed by atoms with Crippen molar-refractivity contribution in [2.75, 3.05) is 0 Å². The van der Waals surface area contributed by atoms with Crippen LogP contribution in [0.4, 0.5) is 0 Å². The van der Waals surface area contributed by atoms with Gasteiger partial charge in [-0.2, -0.15) is 0 Å². The fourth-order valence-electron chi connectivity index (χ4n) is 1.46. The van der Waals surface area contributed by atoms with Crippen LogP contribution in [0.2, 0.25) is 0 Å². The van der Waals surface area contributed by atoms with Crippen molar-refractivity contribution in [3.05, 3.63) is 12.2 Å². The fraction of sp³-hybridized carbons (Fsp3) is 0.556. The van der Waals surface area contributed by atoms with Gasteiger partial charge < -0.3 is 10.4 Å². The second kappa shape index (κ2) is 4.07. The van der Waals surface area contributed by atoms with Gasteiger partial charge in [-0.15, -0.1) is 0 Å². The summed E-state index contributed by atoms with van der Waals surface area (Å²) in [6.07, 6.45) is 4.71. The first-order valence-electron chi connectivity index (χ1n) is 4.26. The van der Waals surface area contributed by atoms with Crippen molar-refractivity contribution in [3.63, 3.8) is 0 Å². The molecule has 0 aromatic rings. The lowest BCUT2D eigenvalue weighted by Crippen LogP contribution is -2.36. The molecule has 4 nitrogen and oxygen atoms in total. The molecule has 1 rings (SSSR count). The van der Waals surface area contributed by atoms with Gasteiger partial charge in [-0.05, 0) is 12.8 Å².